The van der Waals surface area contributed by atoms with E-state index in [1.54, 1.807) is 0 Å². The lowest BCUT2D eigenvalue weighted by Gasteiger charge is -2.12. The van der Waals surface area contributed by atoms with Gasteiger partial charge in [0.2, 0.25) is 0 Å². The predicted molar refractivity (Wildman–Crippen MR) is 67.8 cm³/mol. The van der Waals surface area contributed by atoms with E-state index in [4.69, 9.17) is 16.7 Å². The van der Waals surface area contributed by atoms with Crippen molar-refractivity contribution < 1.29 is 4.79 Å². The highest BCUT2D eigenvalue weighted by atomic mass is 32.1. The molecule has 1 aromatic heterocycles. The number of hydrogen-bond acceptors (Lipinski definition) is 5. The largest absolute Gasteiger partial charge is 0.396 e. The minimum absolute atomic E-state index is 0.190. The molecule has 6 heteroatoms. The van der Waals surface area contributed by atoms with Gasteiger partial charge in [0, 0.05) is 6.04 Å². The van der Waals surface area contributed by atoms with Crippen LogP contribution in [-0.4, -0.2) is 11.9 Å². The van der Waals surface area contributed by atoms with Crippen LogP contribution in [0, 0.1) is 17.2 Å². The summed E-state index contributed by atoms with van der Waals surface area (Å²) in [6.07, 6.45) is 2.42. The van der Waals surface area contributed by atoms with Gasteiger partial charge in [-0.3, -0.25) is 4.79 Å². The van der Waals surface area contributed by atoms with Crippen LogP contribution in [0.4, 0.5) is 10.7 Å². The van der Waals surface area contributed by atoms with Gasteiger partial charge in [-0.05, 0) is 25.7 Å². The number of anilines is 2. The number of amides is 1. The first-order chi connectivity index (χ1) is 8.04. The van der Waals surface area contributed by atoms with Crippen molar-refractivity contribution in [3.8, 4) is 6.07 Å². The highest BCUT2D eigenvalue weighted by molar-refractivity contribution is 7.18. The molecule has 5 nitrogen and oxygen atoms in total. The van der Waals surface area contributed by atoms with Crippen LogP contribution >= 0.6 is 11.3 Å². The van der Waals surface area contributed by atoms with Crippen LogP contribution in [0.25, 0.3) is 0 Å². The predicted octanol–water partition coefficient (Wildman–Crippen LogP) is 1.51. The van der Waals surface area contributed by atoms with Crippen LogP contribution in [0.5, 0.6) is 0 Å². The van der Waals surface area contributed by atoms with E-state index in [2.05, 4.69) is 12.2 Å². The van der Waals surface area contributed by atoms with Gasteiger partial charge in [-0.2, -0.15) is 5.26 Å². The topological polar surface area (TPSA) is 105 Å². The van der Waals surface area contributed by atoms with Crippen LogP contribution in [0.15, 0.2) is 0 Å². The SMILES string of the molecule is CC(Nc1sc(C(N)=O)c(N)c1C#N)C1CC1. The molecule has 0 aliphatic heterocycles. The Kier molecular flexibility index (Phi) is 2.94. The monoisotopic (exact) mass is 250 g/mol. The maximum Gasteiger partial charge on any atom is 0.261 e. The number of nitrogens with one attached hydrogen (secondary N) is 1. The zero-order valence-electron chi connectivity index (χ0n) is 9.49. The molecule has 0 bridgehead atoms. The second kappa shape index (κ2) is 4.26. The second-order valence-corrected chi connectivity index (χ2v) is 5.32. The number of nitriles is 1. The maximum absolute atomic E-state index is 11.2. The molecule has 90 valence electrons. The molecule has 5 N–H and O–H groups in total. The Hall–Kier alpha value is -1.74. The number of primary amides is 1. The van der Waals surface area contributed by atoms with Crippen molar-refractivity contribution in [2.75, 3.05) is 11.1 Å². The third kappa shape index (κ3) is 2.19. The zero-order chi connectivity index (χ0) is 12.6. The normalized spacial score (nSPS) is 16.2. The summed E-state index contributed by atoms with van der Waals surface area (Å²) < 4.78 is 0. The van der Waals surface area contributed by atoms with Gasteiger partial charge in [0.1, 0.15) is 21.5 Å². The van der Waals surface area contributed by atoms with Crippen LogP contribution < -0.4 is 16.8 Å². The molecular weight excluding hydrogens is 236 g/mol. The van der Waals surface area contributed by atoms with Gasteiger partial charge in [0.15, 0.2) is 0 Å². The van der Waals surface area contributed by atoms with Crippen molar-refractivity contribution in [3.05, 3.63) is 10.4 Å². The first-order valence-electron chi connectivity index (χ1n) is 5.43. The number of thiophene rings is 1. The number of nitrogens with zero attached hydrogens (tertiary/aromatic N) is 1. The Bertz CT molecular complexity index is 498. The Balaban J connectivity index is 2.29. The highest BCUT2D eigenvalue weighted by Gasteiger charge is 2.29. The van der Waals surface area contributed by atoms with Crippen LogP contribution in [-0.2, 0) is 0 Å². The Morgan fingerprint density at radius 3 is 2.76 bits per heavy atom. The molecule has 1 aliphatic carbocycles. The number of carbonyl (C=O) groups is 1. The number of hydrogen-bond donors (Lipinski definition) is 3. The fraction of sp³-hybridized carbons (Fsp3) is 0.455. The highest BCUT2D eigenvalue weighted by Crippen LogP contribution is 2.39. The molecule has 0 saturated heterocycles. The van der Waals surface area contributed by atoms with E-state index in [1.165, 1.54) is 12.8 Å². The van der Waals surface area contributed by atoms with E-state index >= 15 is 0 Å². The molecular formula is C11H14N4OS. The van der Waals surface area contributed by atoms with Crippen molar-refractivity contribution in [3.63, 3.8) is 0 Å². The molecule has 0 spiro atoms. The summed E-state index contributed by atoms with van der Waals surface area (Å²) in [7, 11) is 0. The van der Waals surface area contributed by atoms with E-state index in [9.17, 15) is 4.79 Å². The smallest absolute Gasteiger partial charge is 0.261 e. The number of rotatable bonds is 4. The molecule has 1 saturated carbocycles. The van der Waals surface area contributed by atoms with Crippen molar-refractivity contribution in [2.24, 2.45) is 11.7 Å². The van der Waals surface area contributed by atoms with Gasteiger partial charge >= 0.3 is 0 Å². The Labute approximate surface area is 103 Å². The lowest BCUT2D eigenvalue weighted by molar-refractivity contribution is 0.100. The summed E-state index contributed by atoms with van der Waals surface area (Å²) in [6, 6.07) is 2.31. The molecule has 17 heavy (non-hydrogen) atoms. The first kappa shape index (κ1) is 11.7. The third-order valence-corrected chi connectivity index (χ3v) is 4.12. The van der Waals surface area contributed by atoms with Crippen LogP contribution in [0.1, 0.15) is 35.0 Å². The minimum atomic E-state index is -0.587. The molecule has 1 atom stereocenters. The Morgan fingerprint density at radius 2 is 2.29 bits per heavy atom. The van der Waals surface area contributed by atoms with Crippen molar-refractivity contribution in [2.45, 2.75) is 25.8 Å². The number of carbonyl (C=O) groups excluding carboxylic acids is 1. The van der Waals surface area contributed by atoms with E-state index < -0.39 is 5.91 Å². The van der Waals surface area contributed by atoms with Crippen LogP contribution in [0.2, 0.25) is 0 Å². The minimum Gasteiger partial charge on any atom is -0.396 e. The summed E-state index contributed by atoms with van der Waals surface area (Å²) in [5.74, 6) is 0.0676. The molecule has 0 aromatic carbocycles. The standard InChI is InChI=1S/C11H14N4OS/c1-5(6-2-3-6)15-11-7(4-12)8(13)9(17-11)10(14)16/h5-6,15H,2-3,13H2,1H3,(H2,14,16). The van der Waals surface area contributed by atoms with Crippen LogP contribution in [0.3, 0.4) is 0 Å². The molecule has 1 aromatic rings. The second-order valence-electron chi connectivity index (χ2n) is 4.30. The molecule has 1 fully saturated rings. The molecule has 1 unspecified atom stereocenters. The molecule has 0 radical (unpaired) electrons. The quantitative estimate of drug-likeness (QED) is 0.753. The summed E-state index contributed by atoms with van der Waals surface area (Å²) in [5.41, 5.74) is 11.5. The first-order valence-corrected chi connectivity index (χ1v) is 6.25. The number of nitrogens with two attached hydrogens (primary N) is 2. The van der Waals surface area contributed by atoms with Crippen molar-refractivity contribution in [1.82, 2.24) is 0 Å². The third-order valence-electron chi connectivity index (χ3n) is 2.97. The van der Waals surface area contributed by atoms with Gasteiger partial charge in [-0.25, -0.2) is 0 Å². The summed E-state index contributed by atoms with van der Waals surface area (Å²) in [4.78, 5) is 11.4. The van der Waals surface area contributed by atoms with E-state index in [0.717, 1.165) is 11.3 Å². The zero-order valence-corrected chi connectivity index (χ0v) is 10.3. The fourth-order valence-electron chi connectivity index (χ4n) is 1.76. The van der Waals surface area contributed by atoms with Gasteiger partial charge in [0.25, 0.3) is 5.91 Å². The summed E-state index contributed by atoms with van der Waals surface area (Å²) in [6.45, 7) is 2.07. The Morgan fingerprint density at radius 1 is 1.65 bits per heavy atom. The van der Waals surface area contributed by atoms with Gasteiger partial charge in [-0.1, -0.05) is 0 Å². The lowest BCUT2D eigenvalue weighted by atomic mass is 10.2. The van der Waals surface area contributed by atoms with Crippen molar-refractivity contribution >= 4 is 27.9 Å². The lowest BCUT2D eigenvalue weighted by Crippen LogP contribution is -2.16. The summed E-state index contributed by atoms with van der Waals surface area (Å²) >= 11 is 1.16. The van der Waals surface area contributed by atoms with Gasteiger partial charge in [-0.15, -0.1) is 11.3 Å². The van der Waals surface area contributed by atoms with E-state index in [0.29, 0.717) is 22.5 Å². The summed E-state index contributed by atoms with van der Waals surface area (Å²) in [5, 5.41) is 12.9. The maximum atomic E-state index is 11.2. The number of nitrogen functional groups attached to an aromatic ring is 1. The van der Waals surface area contributed by atoms with Gasteiger partial charge < -0.3 is 16.8 Å². The van der Waals surface area contributed by atoms with E-state index in [-0.39, 0.29) is 10.6 Å². The fourth-order valence-corrected chi connectivity index (χ4v) is 2.78. The molecule has 1 aliphatic rings. The van der Waals surface area contributed by atoms with E-state index in [1.807, 2.05) is 6.07 Å². The average Bonchev–Trinajstić information content (AvgIpc) is 3.05. The van der Waals surface area contributed by atoms with Gasteiger partial charge in [0.05, 0.1) is 5.69 Å². The molecule has 2 rings (SSSR count). The average molecular weight is 250 g/mol. The molecule has 1 heterocycles. The van der Waals surface area contributed by atoms with Crippen molar-refractivity contribution in [1.29, 1.82) is 5.26 Å². The molecule has 1 amide bonds.